The summed E-state index contributed by atoms with van der Waals surface area (Å²) in [5, 5.41) is 12.0. The number of morpholine rings is 2. The number of ether oxygens (including phenoxy) is 2. The van der Waals surface area contributed by atoms with Gasteiger partial charge in [0, 0.05) is 31.9 Å². The lowest BCUT2D eigenvalue weighted by Gasteiger charge is -2.35. The van der Waals surface area contributed by atoms with Crippen LogP contribution in [0.5, 0.6) is 0 Å². The molecule has 5 heterocycles. The number of hydrogen-bond acceptors (Lipinski definition) is 7. The molecule has 27 heavy (non-hydrogen) atoms. The molecule has 0 aliphatic carbocycles. The number of hydrogen-bond donors (Lipinski definition) is 1. The molecule has 0 aromatic carbocycles. The van der Waals surface area contributed by atoms with Crippen molar-refractivity contribution in [1.29, 1.82) is 0 Å². The predicted octanol–water partition coefficient (Wildman–Crippen LogP) is 1.18. The molecular formula is C18H23N7O2. The second kappa shape index (κ2) is 6.82. The van der Waals surface area contributed by atoms with Gasteiger partial charge in [0.15, 0.2) is 11.6 Å². The van der Waals surface area contributed by atoms with E-state index in [0.717, 1.165) is 61.4 Å². The van der Waals surface area contributed by atoms with Crippen LogP contribution in [0.1, 0.15) is 6.92 Å². The highest BCUT2D eigenvalue weighted by Crippen LogP contribution is 2.30. The van der Waals surface area contributed by atoms with Crippen LogP contribution in [0, 0.1) is 0 Å². The molecule has 0 spiro atoms. The van der Waals surface area contributed by atoms with E-state index in [1.807, 2.05) is 16.8 Å². The van der Waals surface area contributed by atoms with Crippen molar-refractivity contribution in [3.63, 3.8) is 0 Å². The maximum atomic E-state index is 5.61. The first kappa shape index (κ1) is 16.5. The molecule has 9 heteroatoms. The van der Waals surface area contributed by atoms with E-state index in [9.17, 15) is 0 Å². The number of nitrogens with one attached hydrogen (secondary N) is 1. The smallest absolute Gasteiger partial charge is 0.179 e. The van der Waals surface area contributed by atoms with Crippen LogP contribution >= 0.6 is 0 Å². The highest BCUT2D eigenvalue weighted by Gasteiger charge is 2.25. The van der Waals surface area contributed by atoms with Crippen molar-refractivity contribution in [3.05, 3.63) is 24.5 Å². The van der Waals surface area contributed by atoms with Crippen LogP contribution < -0.4 is 9.80 Å². The minimum atomic E-state index is 0.278. The maximum Gasteiger partial charge on any atom is 0.179 e. The van der Waals surface area contributed by atoms with E-state index in [1.165, 1.54) is 0 Å². The van der Waals surface area contributed by atoms with Crippen LogP contribution in [0.3, 0.4) is 0 Å². The maximum absolute atomic E-state index is 5.61. The van der Waals surface area contributed by atoms with Crippen LogP contribution in [-0.4, -0.2) is 76.9 Å². The van der Waals surface area contributed by atoms with E-state index >= 15 is 0 Å². The van der Waals surface area contributed by atoms with Gasteiger partial charge in [-0.25, -0.2) is 9.50 Å². The average Bonchev–Trinajstić information content (AvgIpc) is 3.38. The van der Waals surface area contributed by atoms with Crippen LogP contribution in [-0.2, 0) is 9.47 Å². The van der Waals surface area contributed by atoms with Gasteiger partial charge in [0.2, 0.25) is 0 Å². The summed E-state index contributed by atoms with van der Waals surface area (Å²) in [6.45, 7) is 7.63. The molecule has 2 aliphatic heterocycles. The third-order valence-corrected chi connectivity index (χ3v) is 5.22. The molecule has 1 N–H and O–H groups in total. The topological polar surface area (TPSA) is 83.8 Å². The molecule has 0 bridgehead atoms. The summed E-state index contributed by atoms with van der Waals surface area (Å²) in [7, 11) is 0. The number of anilines is 2. The van der Waals surface area contributed by atoms with Gasteiger partial charge in [0.05, 0.1) is 44.4 Å². The van der Waals surface area contributed by atoms with Crippen LogP contribution in [0.15, 0.2) is 24.5 Å². The Morgan fingerprint density at radius 1 is 1.15 bits per heavy atom. The van der Waals surface area contributed by atoms with Crippen molar-refractivity contribution >= 4 is 17.0 Å². The summed E-state index contributed by atoms with van der Waals surface area (Å²) >= 11 is 0. The summed E-state index contributed by atoms with van der Waals surface area (Å²) in [6.07, 6.45) is 3.62. The molecule has 0 amide bonds. The van der Waals surface area contributed by atoms with E-state index in [2.05, 4.69) is 38.0 Å². The quantitative estimate of drug-likeness (QED) is 0.742. The van der Waals surface area contributed by atoms with Gasteiger partial charge < -0.3 is 19.3 Å². The molecule has 1 atom stereocenters. The van der Waals surface area contributed by atoms with E-state index in [0.29, 0.717) is 13.2 Å². The Kier molecular flexibility index (Phi) is 4.17. The molecule has 3 aromatic rings. The second-order valence-corrected chi connectivity index (χ2v) is 6.95. The van der Waals surface area contributed by atoms with Crippen molar-refractivity contribution in [3.8, 4) is 11.5 Å². The Morgan fingerprint density at radius 3 is 2.78 bits per heavy atom. The standard InChI is InChI=1S/C18H23N7O2/c1-13-12-27-9-6-24(13)17-10-15(23-4-7-26-8-5-23)16-11-19-18(25(16)22-17)14-2-3-20-21-14/h2-3,10-11,13H,4-9,12H2,1H3,(H,20,21)/t13-/m1/s1. The van der Waals surface area contributed by atoms with Crippen molar-refractivity contribution in [2.24, 2.45) is 0 Å². The van der Waals surface area contributed by atoms with Crippen molar-refractivity contribution < 1.29 is 9.47 Å². The van der Waals surface area contributed by atoms with E-state index < -0.39 is 0 Å². The lowest BCUT2D eigenvalue weighted by atomic mass is 10.2. The largest absolute Gasteiger partial charge is 0.378 e. The third-order valence-electron chi connectivity index (χ3n) is 5.22. The van der Waals surface area contributed by atoms with Crippen molar-refractivity contribution in [2.75, 3.05) is 55.9 Å². The number of imidazole rings is 1. The Balaban J connectivity index is 1.67. The Bertz CT molecular complexity index is 917. The summed E-state index contributed by atoms with van der Waals surface area (Å²) in [5.41, 5.74) is 2.98. The van der Waals surface area contributed by atoms with E-state index in [4.69, 9.17) is 14.6 Å². The molecule has 2 fully saturated rings. The van der Waals surface area contributed by atoms with Gasteiger partial charge in [0.25, 0.3) is 0 Å². The summed E-state index contributed by atoms with van der Waals surface area (Å²) in [5.74, 6) is 1.71. The van der Waals surface area contributed by atoms with Gasteiger partial charge in [-0.2, -0.15) is 5.10 Å². The van der Waals surface area contributed by atoms with Crippen LogP contribution in [0.4, 0.5) is 11.5 Å². The Labute approximate surface area is 156 Å². The number of nitrogens with zero attached hydrogens (tertiary/aromatic N) is 6. The first-order chi connectivity index (χ1) is 13.3. The number of H-pyrrole nitrogens is 1. The first-order valence-electron chi connectivity index (χ1n) is 9.37. The van der Waals surface area contributed by atoms with Gasteiger partial charge in [-0.05, 0) is 13.0 Å². The summed E-state index contributed by atoms with van der Waals surface area (Å²) in [6, 6.07) is 4.37. The predicted molar refractivity (Wildman–Crippen MR) is 101 cm³/mol. The molecule has 3 aromatic heterocycles. The van der Waals surface area contributed by atoms with Crippen LogP contribution in [0.2, 0.25) is 0 Å². The fourth-order valence-electron chi connectivity index (χ4n) is 3.78. The molecule has 0 radical (unpaired) electrons. The molecular weight excluding hydrogens is 346 g/mol. The van der Waals surface area contributed by atoms with Crippen molar-refractivity contribution in [1.82, 2.24) is 24.8 Å². The zero-order chi connectivity index (χ0) is 18.2. The third kappa shape index (κ3) is 2.92. The van der Waals surface area contributed by atoms with E-state index in [1.54, 1.807) is 6.20 Å². The zero-order valence-electron chi connectivity index (χ0n) is 15.3. The molecule has 9 nitrogen and oxygen atoms in total. The number of aromatic nitrogens is 5. The minimum absolute atomic E-state index is 0.278. The number of fused-ring (bicyclic) bond motifs is 1. The van der Waals surface area contributed by atoms with Gasteiger partial charge in [-0.15, -0.1) is 5.10 Å². The lowest BCUT2D eigenvalue weighted by molar-refractivity contribution is 0.0984. The van der Waals surface area contributed by atoms with Gasteiger partial charge in [0.1, 0.15) is 11.2 Å². The monoisotopic (exact) mass is 369 g/mol. The molecule has 5 rings (SSSR count). The van der Waals surface area contributed by atoms with Gasteiger partial charge >= 0.3 is 0 Å². The molecule has 142 valence electrons. The molecule has 2 saturated heterocycles. The van der Waals surface area contributed by atoms with Gasteiger partial charge in [-0.3, -0.25) is 5.10 Å². The minimum Gasteiger partial charge on any atom is -0.378 e. The van der Waals surface area contributed by atoms with Crippen LogP contribution in [0.25, 0.3) is 17.0 Å². The average molecular weight is 369 g/mol. The highest BCUT2D eigenvalue weighted by atomic mass is 16.5. The normalized spacial score (nSPS) is 21.1. The first-order valence-corrected chi connectivity index (χ1v) is 9.37. The SMILES string of the molecule is C[C@@H]1COCCN1c1cc(N2CCOCC2)c2cnc(-c3ccn[nH]3)n2n1. The Morgan fingerprint density at radius 2 is 2.00 bits per heavy atom. The number of rotatable bonds is 3. The molecule has 0 unspecified atom stereocenters. The molecule has 2 aliphatic rings. The van der Waals surface area contributed by atoms with E-state index in [-0.39, 0.29) is 6.04 Å². The Hall–Kier alpha value is -2.65. The van der Waals surface area contributed by atoms with Gasteiger partial charge in [-0.1, -0.05) is 0 Å². The summed E-state index contributed by atoms with van der Waals surface area (Å²) < 4.78 is 13.1. The zero-order valence-corrected chi connectivity index (χ0v) is 15.3. The highest BCUT2D eigenvalue weighted by molar-refractivity contribution is 5.77. The second-order valence-electron chi connectivity index (χ2n) is 6.95. The number of aromatic amines is 1. The summed E-state index contributed by atoms with van der Waals surface area (Å²) in [4.78, 5) is 9.29. The molecule has 0 saturated carbocycles. The fraction of sp³-hybridized carbons (Fsp3) is 0.500. The lowest BCUT2D eigenvalue weighted by Crippen LogP contribution is -2.44. The van der Waals surface area contributed by atoms with Crippen molar-refractivity contribution in [2.45, 2.75) is 13.0 Å². The fourth-order valence-corrected chi connectivity index (χ4v) is 3.78.